The van der Waals surface area contributed by atoms with E-state index in [-0.39, 0.29) is 17.6 Å². The fourth-order valence-corrected chi connectivity index (χ4v) is 4.80. The van der Waals surface area contributed by atoms with Crippen LogP contribution < -0.4 is 10.1 Å². The first kappa shape index (κ1) is 22.9. The number of fused-ring (bicyclic) bond motifs is 3. The summed E-state index contributed by atoms with van der Waals surface area (Å²) < 4.78 is 5.44. The van der Waals surface area contributed by atoms with E-state index in [0.717, 1.165) is 22.6 Å². The van der Waals surface area contributed by atoms with E-state index in [1.54, 1.807) is 17.0 Å². The summed E-state index contributed by atoms with van der Waals surface area (Å²) in [7, 11) is 0. The minimum Gasteiger partial charge on any atom is -0.494 e. The molecule has 2 aliphatic heterocycles. The quantitative estimate of drug-likeness (QED) is 0.529. The summed E-state index contributed by atoms with van der Waals surface area (Å²) in [5.41, 5.74) is 3.28. The molecular formula is C27H24N4O3S. The largest absolute Gasteiger partial charge is 0.494 e. The zero-order chi connectivity index (χ0) is 24.2. The Morgan fingerprint density at radius 1 is 1.03 bits per heavy atom. The number of rotatable bonds is 7. The Morgan fingerprint density at radius 2 is 1.77 bits per heavy atom. The number of ether oxygens (including phenoxy) is 1. The van der Waals surface area contributed by atoms with Crippen molar-refractivity contribution < 1.29 is 14.3 Å². The first-order valence-corrected chi connectivity index (χ1v) is 12.4. The zero-order valence-electron chi connectivity index (χ0n) is 19.2. The third kappa shape index (κ3) is 4.97. The Labute approximate surface area is 207 Å². The van der Waals surface area contributed by atoms with Crippen molar-refractivity contribution in [3.05, 3.63) is 90.0 Å². The van der Waals surface area contributed by atoms with Crippen molar-refractivity contribution in [1.82, 2.24) is 4.90 Å². The van der Waals surface area contributed by atoms with Gasteiger partial charge in [0.05, 0.1) is 18.0 Å². The Hall–Kier alpha value is -3.91. The summed E-state index contributed by atoms with van der Waals surface area (Å²) in [5, 5.41) is 3.34. The maximum Gasteiger partial charge on any atom is 0.259 e. The van der Waals surface area contributed by atoms with Crippen LogP contribution in [0.2, 0.25) is 0 Å². The highest BCUT2D eigenvalue weighted by molar-refractivity contribution is 8.14. The SMILES string of the molecule is CCOc1ccc(NC(=O)CSC2=Nc3ccccc3C3=N[C@@H](Cc4ccccc4)C(=O)N23)cc1. The van der Waals surface area contributed by atoms with E-state index in [1.165, 1.54) is 11.8 Å². The van der Waals surface area contributed by atoms with E-state index in [9.17, 15) is 9.59 Å². The number of para-hydroxylation sites is 1. The standard InChI is InChI=1S/C27H24N4O3S/c1-2-34-20-14-12-19(13-15-20)28-24(32)17-35-27-30-22-11-7-6-10-21(22)25-29-23(26(33)31(25)27)16-18-8-4-3-5-9-18/h3-15,23H,2,16-17H2,1H3,(H,28,32)/t23-/m0/s1. The number of carbonyl (C=O) groups excluding carboxylic acids is 2. The highest BCUT2D eigenvalue weighted by Crippen LogP contribution is 2.34. The van der Waals surface area contributed by atoms with E-state index in [2.05, 4.69) is 5.32 Å². The monoisotopic (exact) mass is 484 g/mol. The maximum atomic E-state index is 13.4. The highest BCUT2D eigenvalue weighted by Gasteiger charge is 2.41. The number of benzene rings is 3. The molecule has 0 radical (unpaired) electrons. The van der Waals surface area contributed by atoms with Crippen molar-refractivity contribution in [2.45, 2.75) is 19.4 Å². The first-order valence-electron chi connectivity index (χ1n) is 11.4. The second-order valence-corrected chi connectivity index (χ2v) is 8.98. The Balaban J connectivity index is 1.32. The molecule has 3 aromatic rings. The van der Waals surface area contributed by atoms with Gasteiger partial charge in [0.25, 0.3) is 5.91 Å². The van der Waals surface area contributed by atoms with Gasteiger partial charge in [-0.1, -0.05) is 54.2 Å². The first-order chi connectivity index (χ1) is 17.1. The number of nitrogens with one attached hydrogen (secondary N) is 1. The van der Waals surface area contributed by atoms with Crippen LogP contribution in [-0.2, 0) is 16.0 Å². The van der Waals surface area contributed by atoms with Gasteiger partial charge < -0.3 is 10.1 Å². The van der Waals surface area contributed by atoms with Crippen molar-refractivity contribution in [2.75, 3.05) is 17.7 Å². The van der Waals surface area contributed by atoms with Crippen molar-refractivity contribution in [1.29, 1.82) is 0 Å². The van der Waals surface area contributed by atoms with Crippen LogP contribution in [0, 0.1) is 0 Å². The molecule has 2 heterocycles. The van der Waals surface area contributed by atoms with E-state index < -0.39 is 6.04 Å². The number of amides is 2. The van der Waals surface area contributed by atoms with Gasteiger partial charge in [-0.05, 0) is 48.9 Å². The van der Waals surface area contributed by atoms with Gasteiger partial charge >= 0.3 is 0 Å². The number of carbonyl (C=O) groups is 2. The lowest BCUT2D eigenvalue weighted by molar-refractivity contribution is -0.124. The lowest BCUT2D eigenvalue weighted by atomic mass is 10.1. The molecule has 0 saturated carbocycles. The predicted octanol–water partition coefficient (Wildman–Crippen LogP) is 4.66. The molecule has 7 nitrogen and oxygen atoms in total. The molecule has 5 rings (SSSR count). The molecular weight excluding hydrogens is 460 g/mol. The number of anilines is 1. The maximum absolute atomic E-state index is 13.4. The van der Waals surface area contributed by atoms with Gasteiger partial charge in [0.15, 0.2) is 5.17 Å². The molecule has 0 bridgehead atoms. The summed E-state index contributed by atoms with van der Waals surface area (Å²) >= 11 is 1.23. The minimum absolute atomic E-state index is 0.106. The van der Waals surface area contributed by atoms with E-state index in [0.29, 0.717) is 29.7 Å². The molecule has 2 amide bonds. The third-order valence-corrected chi connectivity index (χ3v) is 6.54. The Morgan fingerprint density at radius 3 is 2.54 bits per heavy atom. The van der Waals surface area contributed by atoms with Gasteiger partial charge in [0.1, 0.15) is 17.6 Å². The van der Waals surface area contributed by atoms with Gasteiger partial charge in [-0.3, -0.25) is 14.6 Å². The summed E-state index contributed by atoms with van der Waals surface area (Å²) in [6.07, 6.45) is 0.512. The number of hydrogen-bond donors (Lipinski definition) is 1. The van der Waals surface area contributed by atoms with E-state index in [1.807, 2.05) is 73.7 Å². The topological polar surface area (TPSA) is 83.4 Å². The molecule has 8 heteroatoms. The summed E-state index contributed by atoms with van der Waals surface area (Å²) in [5.74, 6) is 1.13. The normalized spacial score (nSPS) is 16.2. The summed E-state index contributed by atoms with van der Waals surface area (Å²) in [6, 6.07) is 24.2. The fraction of sp³-hybridized carbons (Fsp3) is 0.185. The van der Waals surface area contributed by atoms with Gasteiger partial charge in [0.2, 0.25) is 5.91 Å². The van der Waals surface area contributed by atoms with Crippen LogP contribution in [0.15, 0.2) is 88.8 Å². The molecule has 35 heavy (non-hydrogen) atoms. The van der Waals surface area contributed by atoms with Crippen LogP contribution in [0.3, 0.4) is 0 Å². The molecule has 0 unspecified atom stereocenters. The molecule has 1 N–H and O–H groups in total. The number of hydrogen-bond acceptors (Lipinski definition) is 6. The Kier molecular flexibility index (Phi) is 6.63. The van der Waals surface area contributed by atoms with Crippen LogP contribution in [-0.4, -0.2) is 46.1 Å². The minimum atomic E-state index is -0.526. The van der Waals surface area contributed by atoms with Gasteiger partial charge in [-0.25, -0.2) is 9.89 Å². The van der Waals surface area contributed by atoms with Gasteiger partial charge in [0, 0.05) is 17.7 Å². The third-order valence-electron chi connectivity index (χ3n) is 5.60. The lowest BCUT2D eigenvalue weighted by Gasteiger charge is -2.25. The fourth-order valence-electron chi connectivity index (χ4n) is 4.00. The molecule has 0 saturated heterocycles. The number of nitrogens with zero attached hydrogens (tertiary/aromatic N) is 3. The molecule has 0 aliphatic carbocycles. The van der Waals surface area contributed by atoms with Crippen molar-refractivity contribution in [2.24, 2.45) is 9.98 Å². The predicted molar refractivity (Wildman–Crippen MR) is 140 cm³/mol. The second kappa shape index (κ2) is 10.1. The van der Waals surface area contributed by atoms with Crippen LogP contribution in [0.25, 0.3) is 0 Å². The molecule has 0 spiro atoms. The zero-order valence-corrected chi connectivity index (χ0v) is 20.0. The molecule has 176 valence electrons. The van der Waals surface area contributed by atoms with Crippen molar-refractivity contribution in [3.8, 4) is 5.75 Å². The van der Waals surface area contributed by atoms with E-state index >= 15 is 0 Å². The molecule has 0 fully saturated rings. The summed E-state index contributed by atoms with van der Waals surface area (Å²) in [6.45, 7) is 2.50. The average Bonchev–Trinajstić information content (AvgIpc) is 3.21. The number of aliphatic imine (C=N–C) groups is 2. The summed E-state index contributed by atoms with van der Waals surface area (Å²) in [4.78, 5) is 37.1. The Bertz CT molecular complexity index is 1310. The number of amidine groups is 2. The van der Waals surface area contributed by atoms with Crippen LogP contribution in [0.4, 0.5) is 11.4 Å². The second-order valence-electron chi connectivity index (χ2n) is 8.04. The number of thioether (sulfide) groups is 1. The van der Waals surface area contributed by atoms with Gasteiger partial charge in [-0.15, -0.1) is 0 Å². The van der Waals surface area contributed by atoms with Crippen molar-refractivity contribution >= 4 is 46.0 Å². The highest BCUT2D eigenvalue weighted by atomic mass is 32.2. The smallest absolute Gasteiger partial charge is 0.259 e. The average molecular weight is 485 g/mol. The van der Waals surface area contributed by atoms with Crippen LogP contribution in [0.5, 0.6) is 5.75 Å². The lowest BCUT2D eigenvalue weighted by Crippen LogP contribution is -2.41. The van der Waals surface area contributed by atoms with Crippen LogP contribution >= 0.6 is 11.8 Å². The van der Waals surface area contributed by atoms with E-state index in [4.69, 9.17) is 14.7 Å². The van der Waals surface area contributed by atoms with Crippen LogP contribution in [0.1, 0.15) is 18.1 Å². The van der Waals surface area contributed by atoms with Crippen molar-refractivity contribution in [3.63, 3.8) is 0 Å². The molecule has 0 aromatic heterocycles. The van der Waals surface area contributed by atoms with Gasteiger partial charge in [-0.2, -0.15) is 0 Å². The molecule has 3 aromatic carbocycles. The molecule has 1 atom stereocenters. The molecule has 2 aliphatic rings.